The molecule has 0 saturated carbocycles. The molecule has 2 aromatic rings. The highest BCUT2D eigenvalue weighted by Gasteiger charge is 2.48. The Bertz CT molecular complexity index is 985. The topological polar surface area (TPSA) is 111 Å². The van der Waals surface area contributed by atoms with Gasteiger partial charge < -0.3 is 21.3 Å². The van der Waals surface area contributed by atoms with Crippen molar-refractivity contribution in [1.29, 1.82) is 0 Å². The molecule has 0 radical (unpaired) electrons. The molecule has 4 atom stereocenters. The lowest BCUT2D eigenvalue weighted by Gasteiger charge is -2.43. The Morgan fingerprint density at radius 3 is 2.47 bits per heavy atom. The van der Waals surface area contributed by atoms with Gasteiger partial charge in [-0.3, -0.25) is 19.7 Å². The van der Waals surface area contributed by atoms with Crippen molar-refractivity contribution in [1.82, 2.24) is 16.0 Å². The largest absolute Gasteiger partial charge is 0.353 e. The molecule has 0 spiro atoms. The summed E-state index contributed by atoms with van der Waals surface area (Å²) >= 11 is 11.8. The van der Waals surface area contributed by atoms with Gasteiger partial charge in [-0.05, 0) is 42.5 Å². The van der Waals surface area contributed by atoms with Crippen LogP contribution in [0.4, 0.5) is 11.4 Å². The number of carbonyl (C=O) groups excluding carboxylic acids is 3. The van der Waals surface area contributed by atoms with Crippen molar-refractivity contribution in [2.75, 3.05) is 10.6 Å². The number of fused-ring (bicyclic) bond motifs is 1. The smallest absolute Gasteiger partial charge is 0.229 e. The number of halogens is 2. The van der Waals surface area contributed by atoms with Gasteiger partial charge in [0.25, 0.3) is 0 Å². The first-order valence-electron chi connectivity index (χ1n) is 9.33. The number of piperidine rings is 1. The summed E-state index contributed by atoms with van der Waals surface area (Å²) in [5.41, 5.74) is 1.23. The zero-order valence-corrected chi connectivity index (χ0v) is 17.1. The summed E-state index contributed by atoms with van der Waals surface area (Å²) in [6.45, 7) is 0. The summed E-state index contributed by atoms with van der Waals surface area (Å²) in [6, 6.07) is 13.7. The Kier molecular flexibility index (Phi) is 5.80. The first-order chi connectivity index (χ1) is 14.4. The number of anilines is 2. The van der Waals surface area contributed by atoms with Crippen LogP contribution in [0.25, 0.3) is 0 Å². The summed E-state index contributed by atoms with van der Waals surface area (Å²) < 4.78 is 0. The Labute approximate surface area is 182 Å². The van der Waals surface area contributed by atoms with Crippen LogP contribution in [-0.4, -0.2) is 30.2 Å². The number of hydrogen-bond acceptors (Lipinski definition) is 5. The number of carbonyl (C=O) groups is 3. The summed E-state index contributed by atoms with van der Waals surface area (Å²) in [7, 11) is 0. The lowest BCUT2D eigenvalue weighted by atomic mass is 9.81. The predicted octanol–water partition coefficient (Wildman–Crippen LogP) is 2.13. The van der Waals surface area contributed by atoms with E-state index in [1.165, 1.54) is 0 Å². The fourth-order valence-corrected chi connectivity index (χ4v) is 3.98. The zero-order valence-electron chi connectivity index (χ0n) is 15.6. The van der Waals surface area contributed by atoms with Crippen molar-refractivity contribution >= 4 is 52.3 Å². The van der Waals surface area contributed by atoms with E-state index in [0.717, 1.165) is 5.69 Å². The quantitative estimate of drug-likeness (QED) is 0.492. The molecule has 2 saturated heterocycles. The van der Waals surface area contributed by atoms with Crippen molar-refractivity contribution in [2.45, 2.75) is 18.9 Å². The van der Waals surface area contributed by atoms with Crippen molar-refractivity contribution in [3.8, 4) is 0 Å². The molecule has 2 aliphatic rings. The van der Waals surface area contributed by atoms with E-state index in [9.17, 15) is 14.4 Å². The van der Waals surface area contributed by atoms with E-state index in [0.29, 0.717) is 15.7 Å². The van der Waals surface area contributed by atoms with Gasteiger partial charge in [0, 0.05) is 27.8 Å². The van der Waals surface area contributed by atoms with Gasteiger partial charge in [0.05, 0.1) is 18.0 Å². The third kappa shape index (κ3) is 4.51. The molecule has 2 fully saturated rings. The van der Waals surface area contributed by atoms with Crippen LogP contribution >= 0.6 is 23.2 Å². The maximum atomic E-state index is 12.9. The van der Waals surface area contributed by atoms with E-state index in [1.54, 1.807) is 48.5 Å². The van der Waals surface area contributed by atoms with Crippen LogP contribution in [0.5, 0.6) is 0 Å². The number of rotatable bonds is 4. The second-order valence-electron chi connectivity index (χ2n) is 7.14. The molecule has 2 aliphatic heterocycles. The van der Waals surface area contributed by atoms with Crippen LogP contribution in [-0.2, 0) is 14.4 Å². The number of benzene rings is 2. The SMILES string of the molecule is O=C1CC(C(=O)Nc2cccc(Cl)c2)C2C(=O)NC(Nc3ccc(Cl)cc3)NC2N1. The summed E-state index contributed by atoms with van der Waals surface area (Å²) in [5.74, 6) is -2.65. The molecule has 30 heavy (non-hydrogen) atoms. The molecule has 4 unspecified atom stereocenters. The maximum Gasteiger partial charge on any atom is 0.229 e. The third-order valence-corrected chi connectivity index (χ3v) is 5.52. The zero-order chi connectivity index (χ0) is 21.3. The summed E-state index contributed by atoms with van der Waals surface area (Å²) in [4.78, 5) is 37.9. The van der Waals surface area contributed by atoms with Crippen molar-refractivity contribution in [3.63, 3.8) is 0 Å². The molecule has 2 aromatic carbocycles. The minimum absolute atomic E-state index is 0.0854. The minimum atomic E-state index is -0.827. The van der Waals surface area contributed by atoms with Crippen molar-refractivity contribution < 1.29 is 14.4 Å². The highest BCUT2D eigenvalue weighted by Crippen LogP contribution is 2.28. The van der Waals surface area contributed by atoms with Crippen LogP contribution < -0.4 is 26.6 Å². The molecule has 0 aromatic heterocycles. The number of hydrogen-bond donors (Lipinski definition) is 5. The van der Waals surface area contributed by atoms with Crippen LogP contribution in [0, 0.1) is 11.8 Å². The molecular weight excluding hydrogens is 429 g/mol. The minimum Gasteiger partial charge on any atom is -0.353 e. The fourth-order valence-electron chi connectivity index (χ4n) is 3.67. The average Bonchev–Trinajstić information content (AvgIpc) is 2.69. The second-order valence-corrected chi connectivity index (χ2v) is 8.01. The van der Waals surface area contributed by atoms with Crippen LogP contribution in [0.1, 0.15) is 6.42 Å². The van der Waals surface area contributed by atoms with E-state index in [-0.39, 0.29) is 18.2 Å². The molecule has 0 aliphatic carbocycles. The van der Waals surface area contributed by atoms with Gasteiger partial charge in [-0.2, -0.15) is 0 Å². The van der Waals surface area contributed by atoms with Gasteiger partial charge in [-0.15, -0.1) is 0 Å². The van der Waals surface area contributed by atoms with Crippen LogP contribution in [0.3, 0.4) is 0 Å². The molecule has 8 nitrogen and oxygen atoms in total. The summed E-state index contributed by atoms with van der Waals surface area (Å²) in [6.07, 6.45) is -1.41. The monoisotopic (exact) mass is 447 g/mol. The van der Waals surface area contributed by atoms with Gasteiger partial charge in [0.2, 0.25) is 17.7 Å². The molecule has 4 rings (SSSR count). The summed E-state index contributed by atoms with van der Waals surface area (Å²) in [5, 5.41) is 15.6. The second kappa shape index (κ2) is 8.51. The van der Waals surface area contributed by atoms with E-state index in [2.05, 4.69) is 26.6 Å². The molecule has 3 amide bonds. The highest BCUT2D eigenvalue weighted by molar-refractivity contribution is 6.31. The van der Waals surface area contributed by atoms with Crippen LogP contribution in [0.2, 0.25) is 10.0 Å². The van der Waals surface area contributed by atoms with Crippen molar-refractivity contribution in [3.05, 3.63) is 58.6 Å². The third-order valence-electron chi connectivity index (χ3n) is 5.03. The first kappa shape index (κ1) is 20.5. The lowest BCUT2D eigenvalue weighted by Crippen LogP contribution is -2.72. The molecule has 10 heteroatoms. The van der Waals surface area contributed by atoms with E-state index in [1.807, 2.05) is 0 Å². The van der Waals surface area contributed by atoms with E-state index >= 15 is 0 Å². The maximum absolute atomic E-state index is 12.9. The average molecular weight is 448 g/mol. The molecular formula is C20H19Cl2N5O3. The predicted molar refractivity (Wildman–Crippen MR) is 114 cm³/mol. The standard InChI is InChI=1S/C20H19Cl2N5O3/c21-10-4-6-12(7-5-10)24-20-26-17-16(19(30)27-20)14(9-15(28)25-17)18(29)23-13-3-1-2-11(22)8-13/h1-8,14,16-17,20,24,26H,9H2,(H,23,29)(H,25,28)(H,27,30). The Hall–Kier alpha value is -2.81. The fraction of sp³-hybridized carbons (Fsp3) is 0.250. The van der Waals surface area contributed by atoms with Gasteiger partial charge >= 0.3 is 0 Å². The Balaban J connectivity index is 1.48. The van der Waals surface area contributed by atoms with E-state index < -0.39 is 30.2 Å². The molecule has 5 N–H and O–H groups in total. The molecule has 0 bridgehead atoms. The normalized spacial score (nSPS) is 25.5. The van der Waals surface area contributed by atoms with Gasteiger partial charge in [-0.25, -0.2) is 0 Å². The van der Waals surface area contributed by atoms with Crippen LogP contribution in [0.15, 0.2) is 48.5 Å². The Morgan fingerprint density at radius 2 is 1.73 bits per heavy atom. The Morgan fingerprint density at radius 1 is 0.967 bits per heavy atom. The molecule has 2 heterocycles. The highest BCUT2D eigenvalue weighted by atomic mass is 35.5. The van der Waals surface area contributed by atoms with Crippen molar-refractivity contribution in [2.24, 2.45) is 11.8 Å². The number of amides is 3. The van der Waals surface area contributed by atoms with E-state index in [4.69, 9.17) is 23.2 Å². The molecule has 156 valence electrons. The lowest BCUT2D eigenvalue weighted by molar-refractivity contribution is -0.144. The number of nitrogens with one attached hydrogen (secondary N) is 5. The van der Waals surface area contributed by atoms with Gasteiger partial charge in [0.1, 0.15) is 0 Å². The van der Waals surface area contributed by atoms with Gasteiger partial charge in [-0.1, -0.05) is 29.3 Å². The first-order valence-corrected chi connectivity index (χ1v) is 10.1. The van der Waals surface area contributed by atoms with Gasteiger partial charge in [0.15, 0.2) is 6.29 Å².